The summed E-state index contributed by atoms with van der Waals surface area (Å²) in [6.07, 6.45) is 3.94. The van der Waals surface area contributed by atoms with E-state index in [9.17, 15) is 0 Å². The monoisotopic (exact) mass is 309 g/mol. The van der Waals surface area contributed by atoms with Gasteiger partial charge in [0.2, 0.25) is 5.89 Å². The van der Waals surface area contributed by atoms with Gasteiger partial charge in [-0.15, -0.1) is 12.4 Å². The highest BCUT2D eigenvalue weighted by atomic mass is 35.5. The third kappa shape index (κ3) is 4.19. The Bertz CT molecular complexity index is 550. The van der Waals surface area contributed by atoms with Crippen molar-refractivity contribution in [3.05, 3.63) is 41.5 Å². The van der Waals surface area contributed by atoms with Gasteiger partial charge in [-0.2, -0.15) is 4.98 Å². The number of nitrogens with zero attached hydrogens (tertiary/aromatic N) is 2. The van der Waals surface area contributed by atoms with Gasteiger partial charge in [0.1, 0.15) is 5.75 Å². The summed E-state index contributed by atoms with van der Waals surface area (Å²) in [5.41, 5.74) is 1.15. The van der Waals surface area contributed by atoms with E-state index in [4.69, 9.17) is 9.26 Å². The number of benzene rings is 1. The summed E-state index contributed by atoms with van der Waals surface area (Å²) in [6, 6.07) is 8.42. The maximum atomic E-state index is 5.32. The zero-order valence-electron chi connectivity index (χ0n) is 12.0. The molecule has 0 amide bonds. The highest BCUT2D eigenvalue weighted by molar-refractivity contribution is 5.85. The number of aromatic nitrogens is 2. The summed E-state index contributed by atoms with van der Waals surface area (Å²) >= 11 is 0. The highest BCUT2D eigenvalue weighted by Crippen LogP contribution is 2.15. The molecule has 0 saturated carbocycles. The Kier molecular flexibility index (Phi) is 5.59. The summed E-state index contributed by atoms with van der Waals surface area (Å²) in [5, 5.41) is 7.49. The first-order valence-electron chi connectivity index (χ1n) is 7.01. The van der Waals surface area contributed by atoms with Crippen molar-refractivity contribution < 1.29 is 9.26 Å². The van der Waals surface area contributed by atoms with Crippen molar-refractivity contribution in [2.24, 2.45) is 0 Å². The summed E-state index contributed by atoms with van der Waals surface area (Å²) < 4.78 is 10.5. The quantitative estimate of drug-likeness (QED) is 0.919. The smallest absolute Gasteiger partial charge is 0.228 e. The number of halogens is 1. The molecule has 1 aliphatic rings. The number of ether oxygens (including phenoxy) is 1. The molecule has 2 aromatic rings. The summed E-state index contributed by atoms with van der Waals surface area (Å²) in [6.45, 7) is 1.09. The molecular formula is C15H20ClN3O2. The molecule has 0 bridgehead atoms. The zero-order valence-corrected chi connectivity index (χ0v) is 12.9. The standard InChI is InChI=1S/C15H19N3O2.ClH/c1-19-13-6-4-11(5-7-13)9-14-17-15(20-18-14)10-12-3-2-8-16-12;/h4-7,12,16H,2-3,8-10H2,1H3;1H. The number of methoxy groups -OCH3 is 1. The van der Waals surface area contributed by atoms with Gasteiger partial charge >= 0.3 is 0 Å². The van der Waals surface area contributed by atoms with Crippen LogP contribution < -0.4 is 10.1 Å². The Hall–Kier alpha value is -1.59. The minimum Gasteiger partial charge on any atom is -0.497 e. The zero-order chi connectivity index (χ0) is 13.8. The lowest BCUT2D eigenvalue weighted by Gasteiger charge is -2.04. The normalized spacial score (nSPS) is 17.5. The molecular weight excluding hydrogens is 290 g/mol. The third-order valence-corrected chi connectivity index (χ3v) is 3.61. The van der Waals surface area contributed by atoms with Crippen LogP contribution in [0.3, 0.4) is 0 Å². The fourth-order valence-electron chi connectivity index (χ4n) is 2.51. The van der Waals surface area contributed by atoms with Crippen LogP contribution in [0.2, 0.25) is 0 Å². The van der Waals surface area contributed by atoms with E-state index in [2.05, 4.69) is 15.5 Å². The van der Waals surface area contributed by atoms with Crippen LogP contribution in [0.4, 0.5) is 0 Å². The molecule has 1 atom stereocenters. The van der Waals surface area contributed by atoms with Crippen molar-refractivity contribution >= 4 is 12.4 Å². The SMILES string of the molecule is COc1ccc(Cc2noc(CC3CCCN3)n2)cc1.Cl. The van der Waals surface area contributed by atoms with Crippen LogP contribution in [0.5, 0.6) is 5.75 Å². The third-order valence-electron chi connectivity index (χ3n) is 3.61. The van der Waals surface area contributed by atoms with Gasteiger partial charge < -0.3 is 14.6 Å². The lowest BCUT2D eigenvalue weighted by Crippen LogP contribution is -2.23. The van der Waals surface area contributed by atoms with Crippen molar-refractivity contribution in [3.8, 4) is 5.75 Å². The average Bonchev–Trinajstić information content (AvgIpc) is 3.12. The molecule has 6 heteroatoms. The number of hydrogen-bond donors (Lipinski definition) is 1. The topological polar surface area (TPSA) is 60.2 Å². The van der Waals surface area contributed by atoms with Gasteiger partial charge in [-0.05, 0) is 37.1 Å². The molecule has 1 aromatic heterocycles. The van der Waals surface area contributed by atoms with Crippen LogP contribution in [0.1, 0.15) is 30.1 Å². The first kappa shape index (κ1) is 15.8. The molecule has 1 N–H and O–H groups in total. The summed E-state index contributed by atoms with van der Waals surface area (Å²) in [4.78, 5) is 4.46. The van der Waals surface area contributed by atoms with Gasteiger partial charge in [0.25, 0.3) is 0 Å². The van der Waals surface area contributed by atoms with Crippen LogP contribution in [-0.4, -0.2) is 29.8 Å². The Morgan fingerprint density at radius 2 is 2.14 bits per heavy atom. The van der Waals surface area contributed by atoms with Crippen LogP contribution in [0.25, 0.3) is 0 Å². The first-order valence-corrected chi connectivity index (χ1v) is 7.01. The molecule has 1 fully saturated rings. The molecule has 3 rings (SSSR count). The van der Waals surface area contributed by atoms with E-state index in [0.29, 0.717) is 12.5 Å². The second-order valence-corrected chi connectivity index (χ2v) is 5.13. The molecule has 0 aliphatic carbocycles. The van der Waals surface area contributed by atoms with Gasteiger partial charge in [0.05, 0.1) is 7.11 Å². The summed E-state index contributed by atoms with van der Waals surface area (Å²) in [7, 11) is 1.66. The van der Waals surface area contributed by atoms with Gasteiger partial charge in [0, 0.05) is 18.9 Å². The fourth-order valence-corrected chi connectivity index (χ4v) is 2.51. The Balaban J connectivity index is 0.00000161. The molecule has 1 unspecified atom stereocenters. The Labute approximate surface area is 130 Å². The number of rotatable bonds is 5. The minimum atomic E-state index is 0. The molecule has 5 nitrogen and oxygen atoms in total. The van der Waals surface area contributed by atoms with E-state index in [1.54, 1.807) is 7.11 Å². The molecule has 0 spiro atoms. The van der Waals surface area contributed by atoms with E-state index in [1.807, 2.05) is 24.3 Å². The van der Waals surface area contributed by atoms with Gasteiger partial charge in [-0.3, -0.25) is 0 Å². The largest absolute Gasteiger partial charge is 0.497 e. The van der Waals surface area contributed by atoms with Crippen molar-refractivity contribution in [3.63, 3.8) is 0 Å². The van der Waals surface area contributed by atoms with E-state index < -0.39 is 0 Å². The van der Waals surface area contributed by atoms with Crippen LogP contribution in [0, 0.1) is 0 Å². The molecule has 2 heterocycles. The van der Waals surface area contributed by atoms with E-state index in [1.165, 1.54) is 12.8 Å². The molecule has 0 radical (unpaired) electrons. The van der Waals surface area contributed by atoms with E-state index in [0.717, 1.165) is 36.0 Å². The van der Waals surface area contributed by atoms with Crippen LogP contribution in [-0.2, 0) is 12.8 Å². The lowest BCUT2D eigenvalue weighted by atomic mass is 10.1. The molecule has 21 heavy (non-hydrogen) atoms. The second-order valence-electron chi connectivity index (χ2n) is 5.13. The average molecular weight is 310 g/mol. The predicted molar refractivity (Wildman–Crippen MR) is 82.1 cm³/mol. The second kappa shape index (κ2) is 7.43. The number of nitrogens with one attached hydrogen (secondary N) is 1. The van der Waals surface area contributed by atoms with Crippen molar-refractivity contribution in [2.75, 3.05) is 13.7 Å². The maximum absolute atomic E-state index is 5.32. The summed E-state index contributed by atoms with van der Waals surface area (Å²) in [5.74, 6) is 2.32. The van der Waals surface area contributed by atoms with Crippen molar-refractivity contribution in [1.82, 2.24) is 15.5 Å². The van der Waals surface area contributed by atoms with Crippen molar-refractivity contribution in [1.29, 1.82) is 0 Å². The van der Waals surface area contributed by atoms with Gasteiger partial charge in [-0.1, -0.05) is 17.3 Å². The van der Waals surface area contributed by atoms with E-state index in [-0.39, 0.29) is 12.4 Å². The van der Waals surface area contributed by atoms with Gasteiger partial charge in [0.15, 0.2) is 5.82 Å². The molecule has 1 aromatic carbocycles. The van der Waals surface area contributed by atoms with Crippen LogP contribution in [0.15, 0.2) is 28.8 Å². The maximum Gasteiger partial charge on any atom is 0.228 e. The highest BCUT2D eigenvalue weighted by Gasteiger charge is 2.18. The predicted octanol–water partition coefficient (Wildman–Crippen LogP) is 2.39. The van der Waals surface area contributed by atoms with Crippen molar-refractivity contribution in [2.45, 2.75) is 31.7 Å². The molecule has 114 valence electrons. The van der Waals surface area contributed by atoms with Gasteiger partial charge in [-0.25, -0.2) is 0 Å². The first-order chi connectivity index (χ1) is 9.83. The minimum absolute atomic E-state index is 0. The number of hydrogen-bond acceptors (Lipinski definition) is 5. The van der Waals surface area contributed by atoms with Crippen LogP contribution >= 0.6 is 12.4 Å². The molecule has 1 aliphatic heterocycles. The molecule has 1 saturated heterocycles. The van der Waals surface area contributed by atoms with E-state index >= 15 is 0 Å². The fraction of sp³-hybridized carbons (Fsp3) is 0.467. The Morgan fingerprint density at radius 3 is 2.81 bits per heavy atom. The lowest BCUT2D eigenvalue weighted by molar-refractivity contribution is 0.360. The Morgan fingerprint density at radius 1 is 1.33 bits per heavy atom.